The summed E-state index contributed by atoms with van der Waals surface area (Å²) < 4.78 is 36.3. The van der Waals surface area contributed by atoms with Crippen LogP contribution in [-0.4, -0.2) is 29.3 Å². The minimum atomic E-state index is -4.95. The smallest absolute Gasteiger partial charge is 0.289 e. The normalized spacial score (nSPS) is 12.4. The molecule has 0 aliphatic heterocycles. The minimum Gasteiger partial charge on any atom is -0.289 e. The Morgan fingerprint density at radius 1 is 1.29 bits per heavy atom. The van der Waals surface area contributed by atoms with E-state index in [9.17, 15) is 23.2 Å². The van der Waals surface area contributed by atoms with E-state index in [4.69, 9.17) is 0 Å². The van der Waals surface area contributed by atoms with Crippen LogP contribution >= 0.6 is 0 Å². The van der Waals surface area contributed by atoms with Gasteiger partial charge in [0.05, 0.1) is 5.70 Å². The topological polar surface area (TPSA) is 40.5 Å². The van der Waals surface area contributed by atoms with Crippen molar-refractivity contribution in [1.29, 1.82) is 0 Å². The summed E-state index contributed by atoms with van der Waals surface area (Å²) in [4.78, 5) is 10.8. The highest BCUT2D eigenvalue weighted by atomic mass is 19.4. The molecule has 0 heterocycles. The predicted molar refractivity (Wildman–Crippen MR) is 55.0 cm³/mol. The molecule has 0 radical (unpaired) electrons. The van der Waals surface area contributed by atoms with Gasteiger partial charge in [-0.2, -0.15) is 13.2 Å². The molecule has 0 spiro atoms. The Balaban J connectivity index is 3.12. The number of carbonyl (C=O) groups is 1. The molecule has 17 heavy (non-hydrogen) atoms. The van der Waals surface area contributed by atoms with Gasteiger partial charge in [-0.25, -0.2) is 0 Å². The van der Waals surface area contributed by atoms with Gasteiger partial charge in [-0.3, -0.25) is 15.1 Å². The van der Waals surface area contributed by atoms with Gasteiger partial charge in [0.1, 0.15) is 0 Å². The van der Waals surface area contributed by atoms with Crippen molar-refractivity contribution < 1.29 is 23.2 Å². The van der Waals surface area contributed by atoms with Crippen LogP contribution < -0.4 is 0 Å². The van der Waals surface area contributed by atoms with Gasteiger partial charge in [-0.1, -0.05) is 30.3 Å². The molecule has 92 valence electrons. The molecule has 0 amide bonds. The second-order valence-electron chi connectivity index (χ2n) is 3.28. The van der Waals surface area contributed by atoms with Crippen LogP contribution in [0.4, 0.5) is 13.2 Å². The fourth-order valence-electron chi connectivity index (χ4n) is 1.18. The second kappa shape index (κ2) is 5.01. The summed E-state index contributed by atoms with van der Waals surface area (Å²) in [5, 5.41) is 9.70. The minimum absolute atomic E-state index is 0.215. The van der Waals surface area contributed by atoms with E-state index < -0.39 is 12.0 Å². The Morgan fingerprint density at radius 3 is 2.24 bits per heavy atom. The van der Waals surface area contributed by atoms with Gasteiger partial charge in [0.15, 0.2) is 0 Å². The molecule has 1 aromatic rings. The summed E-state index contributed by atoms with van der Waals surface area (Å²) in [5.74, 6) is -2.02. The van der Waals surface area contributed by atoms with Crippen LogP contribution in [0.5, 0.6) is 0 Å². The van der Waals surface area contributed by atoms with Crippen molar-refractivity contribution in [2.75, 3.05) is 7.05 Å². The zero-order chi connectivity index (χ0) is 13.1. The van der Waals surface area contributed by atoms with Crippen LogP contribution in [0.15, 0.2) is 36.4 Å². The Morgan fingerprint density at radius 2 is 1.82 bits per heavy atom. The van der Waals surface area contributed by atoms with E-state index in [2.05, 4.69) is 0 Å². The molecular formula is C11H10F3NO2. The maximum Gasteiger partial charge on any atom is 0.454 e. The van der Waals surface area contributed by atoms with Crippen molar-refractivity contribution in [2.24, 2.45) is 0 Å². The lowest BCUT2D eigenvalue weighted by Crippen LogP contribution is -2.22. The SMILES string of the molecule is CN(O)/C(=C/C(=O)C(F)(F)F)c1ccccc1. The molecule has 0 saturated carbocycles. The number of hydrogen-bond donors (Lipinski definition) is 1. The van der Waals surface area contributed by atoms with Gasteiger partial charge < -0.3 is 0 Å². The third-order valence-electron chi connectivity index (χ3n) is 1.97. The average Bonchev–Trinajstić information content (AvgIpc) is 2.25. The summed E-state index contributed by atoms with van der Waals surface area (Å²) in [6.45, 7) is 0. The molecule has 0 fully saturated rings. The van der Waals surface area contributed by atoms with E-state index in [0.717, 1.165) is 7.05 Å². The molecule has 3 nitrogen and oxygen atoms in total. The Labute approximate surface area is 95.7 Å². The summed E-state index contributed by atoms with van der Waals surface area (Å²) >= 11 is 0. The van der Waals surface area contributed by atoms with E-state index >= 15 is 0 Å². The van der Waals surface area contributed by atoms with Crippen LogP contribution in [-0.2, 0) is 4.79 Å². The number of nitrogens with zero attached hydrogens (tertiary/aromatic N) is 1. The Hall–Kier alpha value is -1.82. The van der Waals surface area contributed by atoms with Crippen molar-refractivity contribution in [2.45, 2.75) is 6.18 Å². The quantitative estimate of drug-likeness (QED) is 0.657. The number of halogens is 3. The number of ketones is 1. The number of allylic oxidation sites excluding steroid dienone is 1. The molecule has 6 heteroatoms. The number of rotatable bonds is 3. The molecule has 0 aromatic heterocycles. The Bertz CT molecular complexity index is 424. The second-order valence-corrected chi connectivity index (χ2v) is 3.28. The first-order valence-electron chi connectivity index (χ1n) is 4.63. The number of carbonyl (C=O) groups excluding carboxylic acids is 1. The van der Waals surface area contributed by atoms with E-state index in [1.165, 1.54) is 12.1 Å². The van der Waals surface area contributed by atoms with Gasteiger partial charge in [0.25, 0.3) is 5.78 Å². The van der Waals surface area contributed by atoms with Crippen LogP contribution in [0.2, 0.25) is 0 Å². The zero-order valence-corrected chi connectivity index (χ0v) is 8.90. The number of alkyl halides is 3. The van der Waals surface area contributed by atoms with Crippen molar-refractivity contribution >= 4 is 11.5 Å². The third-order valence-corrected chi connectivity index (χ3v) is 1.97. The molecular weight excluding hydrogens is 235 g/mol. The fraction of sp³-hybridized carbons (Fsp3) is 0.182. The number of hydroxylamine groups is 2. The van der Waals surface area contributed by atoms with Crippen LogP contribution in [0.1, 0.15) is 5.56 Å². The van der Waals surface area contributed by atoms with E-state index in [1.54, 1.807) is 18.2 Å². The predicted octanol–water partition coefficient (Wildman–Crippen LogP) is 2.48. The van der Waals surface area contributed by atoms with Gasteiger partial charge in [0.2, 0.25) is 0 Å². The van der Waals surface area contributed by atoms with Gasteiger partial charge in [-0.05, 0) is 0 Å². The van der Waals surface area contributed by atoms with E-state index in [0.29, 0.717) is 16.7 Å². The lowest BCUT2D eigenvalue weighted by molar-refractivity contribution is -0.165. The lowest BCUT2D eigenvalue weighted by atomic mass is 10.1. The number of hydrogen-bond acceptors (Lipinski definition) is 3. The fourth-order valence-corrected chi connectivity index (χ4v) is 1.18. The Kier molecular flexibility index (Phi) is 3.90. The highest BCUT2D eigenvalue weighted by molar-refractivity contribution is 5.99. The van der Waals surface area contributed by atoms with E-state index in [1.807, 2.05) is 0 Å². The molecule has 0 saturated heterocycles. The lowest BCUT2D eigenvalue weighted by Gasteiger charge is -2.15. The molecule has 0 aliphatic rings. The first-order chi connectivity index (χ1) is 7.82. The first kappa shape index (κ1) is 13.2. The van der Waals surface area contributed by atoms with Crippen LogP contribution in [0.25, 0.3) is 5.70 Å². The first-order valence-corrected chi connectivity index (χ1v) is 4.63. The molecule has 0 aliphatic carbocycles. The largest absolute Gasteiger partial charge is 0.454 e. The maximum absolute atomic E-state index is 12.1. The molecule has 0 bridgehead atoms. The average molecular weight is 245 g/mol. The van der Waals surface area contributed by atoms with Gasteiger partial charge in [-0.15, -0.1) is 0 Å². The highest BCUT2D eigenvalue weighted by Crippen LogP contribution is 2.21. The standard InChI is InChI=1S/C11H10F3NO2/c1-15(17)9(7-10(16)11(12,13)14)8-5-3-2-4-6-8/h2-7,17H,1H3/b9-7+. The van der Waals surface area contributed by atoms with Crippen LogP contribution in [0, 0.1) is 0 Å². The van der Waals surface area contributed by atoms with Crippen molar-refractivity contribution in [1.82, 2.24) is 5.06 Å². The maximum atomic E-state index is 12.1. The molecule has 1 N–H and O–H groups in total. The van der Waals surface area contributed by atoms with Gasteiger partial charge in [0, 0.05) is 18.7 Å². The van der Waals surface area contributed by atoms with Gasteiger partial charge >= 0.3 is 6.18 Å². The number of benzene rings is 1. The van der Waals surface area contributed by atoms with Crippen molar-refractivity contribution in [3.05, 3.63) is 42.0 Å². The molecule has 0 atom stereocenters. The van der Waals surface area contributed by atoms with Crippen LogP contribution in [0.3, 0.4) is 0 Å². The summed E-state index contributed by atoms with van der Waals surface area (Å²) in [5.41, 5.74) is 0.100. The van der Waals surface area contributed by atoms with Crippen molar-refractivity contribution in [3.63, 3.8) is 0 Å². The third kappa shape index (κ3) is 3.60. The molecule has 1 aromatic carbocycles. The monoisotopic (exact) mass is 245 g/mol. The summed E-state index contributed by atoms with van der Waals surface area (Å²) in [6.07, 6.45) is -4.59. The summed E-state index contributed by atoms with van der Waals surface area (Å²) in [7, 11) is 1.14. The highest BCUT2D eigenvalue weighted by Gasteiger charge is 2.37. The van der Waals surface area contributed by atoms with E-state index in [-0.39, 0.29) is 5.70 Å². The zero-order valence-electron chi connectivity index (χ0n) is 8.90. The molecule has 1 rings (SSSR count). The molecule has 0 unspecified atom stereocenters. The summed E-state index contributed by atoms with van der Waals surface area (Å²) in [6, 6.07) is 7.82. The van der Waals surface area contributed by atoms with Crippen molar-refractivity contribution in [3.8, 4) is 0 Å².